The molecule has 0 aliphatic rings. The SMILES string of the molecule is CC(C)(C)c1ccc(-c2ccccc2N(c2ccc(C(C)(C)C)cc2)c2ccc3cc4c(cc3c2)oc2cc3cc(N(c5cccc(-c6ccccc6)c5)c5ccccc5-c5ccccc5)ccc3cc24)cc1. The molecule has 0 unspecified atom stereocenters. The largest absolute Gasteiger partial charge is 0.456 e. The molecule has 0 saturated heterocycles. The number of nitrogens with zero attached hydrogens (tertiary/aromatic N) is 2. The van der Waals surface area contributed by atoms with E-state index >= 15 is 0 Å². The van der Waals surface area contributed by atoms with Gasteiger partial charge in [0.1, 0.15) is 11.2 Å². The van der Waals surface area contributed by atoms with E-state index in [-0.39, 0.29) is 10.8 Å². The van der Waals surface area contributed by atoms with Gasteiger partial charge in [-0.15, -0.1) is 0 Å². The van der Waals surface area contributed by atoms with Gasteiger partial charge < -0.3 is 14.2 Å². The molecule has 0 bridgehead atoms. The van der Waals surface area contributed by atoms with Crippen LogP contribution in [0.2, 0.25) is 0 Å². The summed E-state index contributed by atoms with van der Waals surface area (Å²) < 4.78 is 6.88. The number of para-hydroxylation sites is 2. The first-order chi connectivity index (χ1) is 35.4. The van der Waals surface area contributed by atoms with E-state index in [2.05, 4.69) is 294 Å². The molecule has 12 aromatic rings. The lowest BCUT2D eigenvalue weighted by Gasteiger charge is -2.29. The first-order valence-electron chi connectivity index (χ1n) is 25.5. The van der Waals surface area contributed by atoms with Crippen molar-refractivity contribution in [2.75, 3.05) is 9.80 Å². The van der Waals surface area contributed by atoms with Gasteiger partial charge in [0.05, 0.1) is 11.4 Å². The molecular weight excluding hydrogens is 885 g/mol. The molecule has 0 amide bonds. The van der Waals surface area contributed by atoms with E-state index in [9.17, 15) is 0 Å². The summed E-state index contributed by atoms with van der Waals surface area (Å²) in [5, 5.41) is 6.75. The summed E-state index contributed by atoms with van der Waals surface area (Å²) in [6.07, 6.45) is 0. The highest BCUT2D eigenvalue weighted by molar-refractivity contribution is 6.14. The standard InChI is InChI=1S/C70H58N2O/c1-69(2,3)55-32-28-49(29-33-55)62-25-14-15-26-65(62)71(57-38-34-56(35-39-57)70(4,5)6)59-36-30-51-43-63-64-44-52-31-37-60(42-54(52)46-68(64)73-67(63)45-53(51)41-59)72(58-23-17-22-50(40-58)47-18-9-7-10-19-47)66-27-16-13-24-61(66)48-20-11-8-12-21-48/h7-46H,1-6H3. The Labute approximate surface area is 429 Å². The van der Waals surface area contributed by atoms with Crippen molar-refractivity contribution in [2.24, 2.45) is 0 Å². The maximum atomic E-state index is 6.88. The van der Waals surface area contributed by atoms with Crippen LogP contribution >= 0.6 is 0 Å². The molecule has 354 valence electrons. The number of rotatable bonds is 9. The summed E-state index contributed by atoms with van der Waals surface area (Å²) in [5.41, 5.74) is 18.1. The molecule has 12 rings (SSSR count). The van der Waals surface area contributed by atoms with Crippen molar-refractivity contribution >= 4 is 77.6 Å². The van der Waals surface area contributed by atoms with Gasteiger partial charge in [0, 0.05) is 44.6 Å². The summed E-state index contributed by atoms with van der Waals surface area (Å²) in [6, 6.07) is 88.6. The quantitative estimate of drug-likeness (QED) is 0.144. The predicted octanol–water partition coefficient (Wildman–Crippen LogP) is 20.4. The molecule has 0 aliphatic heterocycles. The zero-order valence-corrected chi connectivity index (χ0v) is 42.4. The van der Waals surface area contributed by atoms with E-state index in [4.69, 9.17) is 4.42 Å². The Hall–Kier alpha value is -8.66. The van der Waals surface area contributed by atoms with Gasteiger partial charge in [-0.05, 0) is 151 Å². The summed E-state index contributed by atoms with van der Waals surface area (Å²) in [5.74, 6) is 0. The topological polar surface area (TPSA) is 19.6 Å². The van der Waals surface area contributed by atoms with E-state index in [0.29, 0.717) is 0 Å². The van der Waals surface area contributed by atoms with Gasteiger partial charge in [0.25, 0.3) is 0 Å². The smallest absolute Gasteiger partial charge is 0.136 e. The van der Waals surface area contributed by atoms with Crippen LogP contribution in [0.1, 0.15) is 52.7 Å². The Morgan fingerprint density at radius 3 is 1.22 bits per heavy atom. The van der Waals surface area contributed by atoms with Crippen molar-refractivity contribution in [1.82, 2.24) is 0 Å². The monoisotopic (exact) mass is 942 g/mol. The van der Waals surface area contributed by atoms with E-state index in [0.717, 1.165) is 83.2 Å². The molecule has 3 nitrogen and oxygen atoms in total. The van der Waals surface area contributed by atoms with Gasteiger partial charge >= 0.3 is 0 Å². The van der Waals surface area contributed by atoms with Gasteiger partial charge in [0.15, 0.2) is 0 Å². The molecule has 73 heavy (non-hydrogen) atoms. The van der Waals surface area contributed by atoms with Gasteiger partial charge in [0.2, 0.25) is 0 Å². The Morgan fingerprint density at radius 2 is 0.699 bits per heavy atom. The minimum absolute atomic E-state index is 0.0373. The fraction of sp³-hybridized carbons (Fsp3) is 0.114. The lowest BCUT2D eigenvalue weighted by atomic mass is 9.86. The zero-order valence-electron chi connectivity index (χ0n) is 42.4. The number of fused-ring (bicyclic) bond motifs is 5. The number of benzene rings is 11. The lowest BCUT2D eigenvalue weighted by Crippen LogP contribution is -2.14. The van der Waals surface area contributed by atoms with E-state index in [1.807, 2.05) is 0 Å². The van der Waals surface area contributed by atoms with E-state index in [1.165, 1.54) is 38.9 Å². The molecule has 0 saturated carbocycles. The minimum atomic E-state index is 0.0373. The molecule has 0 atom stereocenters. The molecule has 0 radical (unpaired) electrons. The highest BCUT2D eigenvalue weighted by Crippen LogP contribution is 2.46. The molecule has 1 aromatic heterocycles. The Balaban J connectivity index is 0.968. The second-order valence-electron chi connectivity index (χ2n) is 21.5. The average Bonchev–Trinajstić information content (AvgIpc) is 3.75. The number of anilines is 6. The van der Waals surface area contributed by atoms with Crippen LogP contribution in [-0.2, 0) is 10.8 Å². The third-order valence-electron chi connectivity index (χ3n) is 14.5. The molecular formula is C70H58N2O. The summed E-state index contributed by atoms with van der Waals surface area (Å²) >= 11 is 0. The van der Waals surface area contributed by atoms with Gasteiger partial charge in [-0.3, -0.25) is 0 Å². The van der Waals surface area contributed by atoms with Crippen LogP contribution in [0.15, 0.2) is 247 Å². The zero-order chi connectivity index (χ0) is 49.8. The van der Waals surface area contributed by atoms with E-state index in [1.54, 1.807) is 0 Å². The van der Waals surface area contributed by atoms with Crippen LogP contribution in [0, 0.1) is 0 Å². The normalized spacial score (nSPS) is 12.0. The van der Waals surface area contributed by atoms with Crippen LogP contribution in [0.5, 0.6) is 0 Å². The molecule has 0 fully saturated rings. The predicted molar refractivity (Wildman–Crippen MR) is 312 cm³/mol. The summed E-state index contributed by atoms with van der Waals surface area (Å²) in [4.78, 5) is 4.80. The summed E-state index contributed by atoms with van der Waals surface area (Å²) in [6.45, 7) is 13.6. The number of hydrogen-bond donors (Lipinski definition) is 0. The van der Waals surface area contributed by atoms with Crippen molar-refractivity contribution < 1.29 is 4.42 Å². The Morgan fingerprint density at radius 1 is 0.288 bits per heavy atom. The third kappa shape index (κ3) is 8.72. The second-order valence-corrected chi connectivity index (χ2v) is 21.5. The molecule has 0 N–H and O–H groups in total. The molecule has 0 spiro atoms. The van der Waals surface area contributed by atoms with Crippen LogP contribution in [0.4, 0.5) is 34.1 Å². The summed E-state index contributed by atoms with van der Waals surface area (Å²) in [7, 11) is 0. The van der Waals surface area contributed by atoms with E-state index < -0.39 is 0 Å². The fourth-order valence-corrected chi connectivity index (χ4v) is 10.5. The van der Waals surface area contributed by atoms with Gasteiger partial charge in [-0.2, -0.15) is 0 Å². The molecule has 0 aliphatic carbocycles. The molecule has 3 heteroatoms. The van der Waals surface area contributed by atoms with Crippen molar-refractivity contribution in [3.8, 4) is 33.4 Å². The lowest BCUT2D eigenvalue weighted by molar-refractivity contribution is 0.590. The first kappa shape index (κ1) is 45.5. The van der Waals surface area contributed by atoms with Crippen molar-refractivity contribution in [1.29, 1.82) is 0 Å². The van der Waals surface area contributed by atoms with Crippen LogP contribution < -0.4 is 9.80 Å². The molecule has 1 heterocycles. The number of hydrogen-bond acceptors (Lipinski definition) is 3. The average molecular weight is 943 g/mol. The maximum absolute atomic E-state index is 6.88. The van der Waals surface area contributed by atoms with Crippen LogP contribution in [0.25, 0.3) is 76.9 Å². The van der Waals surface area contributed by atoms with Gasteiger partial charge in [-0.25, -0.2) is 0 Å². The third-order valence-corrected chi connectivity index (χ3v) is 14.5. The van der Waals surface area contributed by atoms with Crippen molar-refractivity contribution in [2.45, 2.75) is 52.4 Å². The highest BCUT2D eigenvalue weighted by atomic mass is 16.3. The Bertz CT molecular complexity index is 3970. The first-order valence-corrected chi connectivity index (χ1v) is 25.5. The van der Waals surface area contributed by atoms with Crippen molar-refractivity contribution in [3.63, 3.8) is 0 Å². The maximum Gasteiger partial charge on any atom is 0.136 e. The second kappa shape index (κ2) is 18.2. The molecule has 11 aromatic carbocycles. The Kier molecular flexibility index (Phi) is 11.3. The fourth-order valence-electron chi connectivity index (χ4n) is 10.5. The van der Waals surface area contributed by atoms with Crippen LogP contribution in [-0.4, -0.2) is 0 Å². The minimum Gasteiger partial charge on any atom is -0.456 e. The van der Waals surface area contributed by atoms with Crippen molar-refractivity contribution in [3.05, 3.63) is 254 Å². The van der Waals surface area contributed by atoms with Crippen LogP contribution in [0.3, 0.4) is 0 Å². The van der Waals surface area contributed by atoms with Gasteiger partial charge in [-0.1, -0.05) is 199 Å². The number of furan rings is 1. The highest BCUT2D eigenvalue weighted by Gasteiger charge is 2.23.